The fourth-order valence-corrected chi connectivity index (χ4v) is 4.87. The molecule has 3 rings (SSSR count). The molecule has 0 N–H and O–H groups in total. The van der Waals surface area contributed by atoms with E-state index < -0.39 is 24.6 Å². The molecule has 5 heteroatoms. The van der Waals surface area contributed by atoms with E-state index in [2.05, 4.69) is 0 Å². The molecule has 2 nitrogen and oxygen atoms in total. The van der Waals surface area contributed by atoms with Crippen LogP contribution in [0.25, 0.3) is 0 Å². The highest BCUT2D eigenvalue weighted by atomic mass is 19.2. The first-order valence-electron chi connectivity index (χ1n) is 9.67. The van der Waals surface area contributed by atoms with E-state index >= 15 is 0 Å². The Hall–Kier alpha value is -0.740. The molecule has 3 aliphatic rings. The number of ether oxygens (including phenoxy) is 1. The van der Waals surface area contributed by atoms with Crippen molar-refractivity contribution in [3.05, 3.63) is 0 Å². The van der Waals surface area contributed by atoms with Crippen LogP contribution in [-0.2, 0) is 9.53 Å². The maximum atomic E-state index is 13.4. The van der Waals surface area contributed by atoms with Crippen molar-refractivity contribution in [2.24, 2.45) is 17.8 Å². The minimum atomic E-state index is -2.08. The second-order valence-electron chi connectivity index (χ2n) is 8.02. The summed E-state index contributed by atoms with van der Waals surface area (Å²) in [6.45, 7) is 0. The summed E-state index contributed by atoms with van der Waals surface area (Å²) in [7, 11) is 0. The van der Waals surface area contributed by atoms with Crippen molar-refractivity contribution in [1.29, 1.82) is 0 Å². The Balaban J connectivity index is 1.43. The average Bonchev–Trinajstić information content (AvgIpc) is 2.60. The average molecular weight is 346 g/mol. The van der Waals surface area contributed by atoms with Crippen LogP contribution in [0.2, 0.25) is 0 Å². The molecule has 0 aromatic carbocycles. The number of carbonyl (C=O) groups is 1. The molecule has 3 aliphatic carbocycles. The van der Waals surface area contributed by atoms with Crippen LogP contribution in [0.5, 0.6) is 0 Å². The molecule has 24 heavy (non-hydrogen) atoms. The van der Waals surface area contributed by atoms with Gasteiger partial charge in [0.2, 0.25) is 0 Å². The van der Waals surface area contributed by atoms with Gasteiger partial charge in [-0.05, 0) is 37.5 Å². The summed E-state index contributed by atoms with van der Waals surface area (Å²) in [5.41, 5.74) is 0. The van der Waals surface area contributed by atoms with Crippen LogP contribution in [0, 0.1) is 17.8 Å². The third-order valence-corrected chi connectivity index (χ3v) is 6.37. The van der Waals surface area contributed by atoms with Gasteiger partial charge in [-0.25, -0.2) is 13.2 Å². The van der Waals surface area contributed by atoms with Gasteiger partial charge in [-0.2, -0.15) is 0 Å². The number of halogens is 3. The Morgan fingerprint density at radius 1 is 0.750 bits per heavy atom. The molecule has 0 bridgehead atoms. The van der Waals surface area contributed by atoms with Crippen LogP contribution in [0.3, 0.4) is 0 Å². The normalized spacial score (nSPS) is 41.8. The SMILES string of the molecule is O=C(OC1CC(F)C(F)C(F)C1)C1CCC(C2CCCCC2)CC1. The fourth-order valence-electron chi connectivity index (χ4n) is 4.87. The summed E-state index contributed by atoms with van der Waals surface area (Å²) in [4.78, 5) is 12.3. The van der Waals surface area contributed by atoms with Gasteiger partial charge in [0.1, 0.15) is 18.4 Å². The van der Waals surface area contributed by atoms with E-state index in [0.717, 1.165) is 37.5 Å². The number of hydrogen-bond acceptors (Lipinski definition) is 2. The van der Waals surface area contributed by atoms with Gasteiger partial charge in [-0.1, -0.05) is 32.1 Å². The van der Waals surface area contributed by atoms with E-state index in [1.54, 1.807) is 0 Å². The summed E-state index contributed by atoms with van der Waals surface area (Å²) in [6, 6.07) is 0. The summed E-state index contributed by atoms with van der Waals surface area (Å²) in [6.07, 6.45) is 3.34. The van der Waals surface area contributed by atoms with Crippen molar-refractivity contribution < 1.29 is 22.7 Å². The topological polar surface area (TPSA) is 26.3 Å². The van der Waals surface area contributed by atoms with Crippen molar-refractivity contribution in [3.8, 4) is 0 Å². The molecule has 0 amide bonds. The molecule has 0 spiro atoms. The Morgan fingerprint density at radius 2 is 1.29 bits per heavy atom. The van der Waals surface area contributed by atoms with Crippen molar-refractivity contribution in [1.82, 2.24) is 0 Å². The van der Waals surface area contributed by atoms with Gasteiger partial charge in [0.25, 0.3) is 0 Å². The standard InChI is InChI=1S/C19H29F3O2/c20-16-10-15(11-17(21)18(16)22)24-19(23)14-8-6-13(7-9-14)12-4-2-1-3-5-12/h12-18H,1-11H2. The monoisotopic (exact) mass is 346 g/mol. The minimum absolute atomic E-state index is 0.149. The Morgan fingerprint density at radius 3 is 1.88 bits per heavy atom. The molecule has 2 atom stereocenters. The zero-order valence-corrected chi connectivity index (χ0v) is 14.3. The van der Waals surface area contributed by atoms with Crippen LogP contribution < -0.4 is 0 Å². The molecular weight excluding hydrogens is 317 g/mol. The Kier molecular flexibility index (Phi) is 6.09. The summed E-state index contributed by atoms with van der Waals surface area (Å²) >= 11 is 0. The van der Waals surface area contributed by atoms with Crippen LogP contribution in [0.1, 0.15) is 70.6 Å². The lowest BCUT2D eigenvalue weighted by molar-refractivity contribution is -0.161. The minimum Gasteiger partial charge on any atom is -0.462 e. The molecule has 2 unspecified atom stereocenters. The first-order chi connectivity index (χ1) is 11.5. The van der Waals surface area contributed by atoms with E-state index in [0.29, 0.717) is 0 Å². The van der Waals surface area contributed by atoms with Crippen molar-refractivity contribution >= 4 is 5.97 Å². The number of esters is 1. The van der Waals surface area contributed by atoms with Gasteiger partial charge in [-0.15, -0.1) is 0 Å². The molecule has 0 heterocycles. The van der Waals surface area contributed by atoms with Gasteiger partial charge < -0.3 is 4.74 Å². The predicted octanol–water partition coefficient (Wildman–Crippen LogP) is 5.09. The Bertz CT molecular complexity index is 405. The molecule has 0 radical (unpaired) electrons. The molecule has 0 aromatic heterocycles. The maximum Gasteiger partial charge on any atom is 0.309 e. The van der Waals surface area contributed by atoms with Crippen LogP contribution >= 0.6 is 0 Å². The number of rotatable bonds is 3. The predicted molar refractivity (Wildman–Crippen MR) is 85.8 cm³/mol. The van der Waals surface area contributed by atoms with Gasteiger partial charge in [-0.3, -0.25) is 4.79 Å². The summed E-state index contributed by atoms with van der Waals surface area (Å²) < 4.78 is 45.3. The lowest BCUT2D eigenvalue weighted by Gasteiger charge is -2.36. The maximum absolute atomic E-state index is 13.4. The first kappa shape index (κ1) is 18.1. The smallest absolute Gasteiger partial charge is 0.309 e. The lowest BCUT2D eigenvalue weighted by atomic mass is 9.71. The van der Waals surface area contributed by atoms with E-state index in [1.165, 1.54) is 32.1 Å². The molecule has 138 valence electrons. The van der Waals surface area contributed by atoms with E-state index in [4.69, 9.17) is 4.74 Å². The van der Waals surface area contributed by atoms with Crippen molar-refractivity contribution in [2.45, 2.75) is 95.2 Å². The van der Waals surface area contributed by atoms with Crippen LogP contribution in [0.4, 0.5) is 13.2 Å². The third kappa shape index (κ3) is 4.26. The fraction of sp³-hybridized carbons (Fsp3) is 0.947. The highest BCUT2D eigenvalue weighted by Crippen LogP contribution is 2.40. The molecule has 0 saturated heterocycles. The highest BCUT2D eigenvalue weighted by molar-refractivity contribution is 5.72. The second kappa shape index (κ2) is 8.09. The first-order valence-corrected chi connectivity index (χ1v) is 9.67. The number of hydrogen-bond donors (Lipinski definition) is 0. The van der Waals surface area contributed by atoms with Gasteiger partial charge in [0, 0.05) is 12.8 Å². The second-order valence-corrected chi connectivity index (χ2v) is 8.02. The molecule has 3 fully saturated rings. The third-order valence-electron chi connectivity index (χ3n) is 6.37. The van der Waals surface area contributed by atoms with Crippen LogP contribution in [-0.4, -0.2) is 30.6 Å². The van der Waals surface area contributed by atoms with E-state index in [1.807, 2.05) is 0 Å². The lowest BCUT2D eigenvalue weighted by Crippen LogP contribution is -2.42. The zero-order chi connectivity index (χ0) is 17.1. The molecular formula is C19H29F3O2. The van der Waals surface area contributed by atoms with Gasteiger partial charge >= 0.3 is 5.97 Å². The molecule has 3 saturated carbocycles. The van der Waals surface area contributed by atoms with Gasteiger partial charge in [0.15, 0.2) is 6.17 Å². The zero-order valence-electron chi connectivity index (χ0n) is 14.3. The largest absolute Gasteiger partial charge is 0.462 e. The quantitative estimate of drug-likeness (QED) is 0.665. The van der Waals surface area contributed by atoms with Crippen LogP contribution in [0.15, 0.2) is 0 Å². The summed E-state index contributed by atoms with van der Waals surface area (Å²) in [5.74, 6) is 1.06. The molecule has 0 aromatic rings. The van der Waals surface area contributed by atoms with E-state index in [-0.39, 0.29) is 24.7 Å². The van der Waals surface area contributed by atoms with E-state index in [9.17, 15) is 18.0 Å². The molecule has 0 aliphatic heterocycles. The summed E-state index contributed by atoms with van der Waals surface area (Å²) in [5, 5.41) is 0. The van der Waals surface area contributed by atoms with Gasteiger partial charge in [0.05, 0.1) is 5.92 Å². The van der Waals surface area contributed by atoms with Crippen molar-refractivity contribution in [3.63, 3.8) is 0 Å². The number of carbonyl (C=O) groups excluding carboxylic acids is 1. The highest BCUT2D eigenvalue weighted by Gasteiger charge is 2.41. The number of alkyl halides is 3. The Labute approximate surface area is 142 Å². The van der Waals surface area contributed by atoms with Crippen molar-refractivity contribution in [2.75, 3.05) is 0 Å².